The molecule has 3 N–H and O–H groups in total. The lowest BCUT2D eigenvalue weighted by molar-refractivity contribution is 0.477. The van der Waals surface area contributed by atoms with E-state index in [0.717, 1.165) is 30.8 Å². The summed E-state index contributed by atoms with van der Waals surface area (Å²) in [7, 11) is 1.99. The van der Waals surface area contributed by atoms with E-state index in [1.165, 1.54) is 0 Å². The van der Waals surface area contributed by atoms with Crippen molar-refractivity contribution in [3.63, 3.8) is 0 Å². The van der Waals surface area contributed by atoms with Crippen molar-refractivity contribution in [1.82, 2.24) is 20.4 Å². The van der Waals surface area contributed by atoms with Crippen LogP contribution in [0, 0.1) is 0 Å². The van der Waals surface area contributed by atoms with Gasteiger partial charge in [0.2, 0.25) is 0 Å². The minimum atomic E-state index is 0.156. The molecule has 0 spiro atoms. The molecule has 0 bridgehead atoms. The van der Waals surface area contributed by atoms with Gasteiger partial charge in [-0.25, -0.2) is 0 Å². The SMILES string of the molecule is CC1CCC(CN(C)c2cc(-c3ccccc3O)nnc2N)N1c1cnnc(Cl)c1. The van der Waals surface area contributed by atoms with E-state index in [4.69, 9.17) is 17.3 Å². The van der Waals surface area contributed by atoms with Crippen LogP contribution < -0.4 is 15.5 Å². The van der Waals surface area contributed by atoms with Gasteiger partial charge in [0.05, 0.1) is 23.3 Å². The molecule has 2 unspecified atom stereocenters. The highest BCUT2D eigenvalue weighted by Crippen LogP contribution is 2.34. The van der Waals surface area contributed by atoms with Gasteiger partial charge in [-0.05, 0) is 38.0 Å². The van der Waals surface area contributed by atoms with Gasteiger partial charge in [-0.1, -0.05) is 23.7 Å². The van der Waals surface area contributed by atoms with Crippen molar-refractivity contribution < 1.29 is 5.11 Å². The van der Waals surface area contributed by atoms with E-state index in [1.807, 2.05) is 25.2 Å². The average Bonchev–Trinajstić information content (AvgIpc) is 3.09. The third-order valence-electron chi connectivity index (χ3n) is 5.57. The largest absolute Gasteiger partial charge is 0.507 e. The molecule has 2 atom stereocenters. The fourth-order valence-electron chi connectivity index (χ4n) is 4.12. The van der Waals surface area contributed by atoms with E-state index in [-0.39, 0.29) is 11.8 Å². The summed E-state index contributed by atoms with van der Waals surface area (Å²) in [5, 5.41) is 26.7. The molecular weight excluding hydrogens is 402 g/mol. The summed E-state index contributed by atoms with van der Waals surface area (Å²) >= 11 is 6.07. The zero-order valence-electron chi connectivity index (χ0n) is 16.9. The Balaban J connectivity index is 1.60. The number of para-hydroxylation sites is 1. The van der Waals surface area contributed by atoms with Crippen LogP contribution in [0.2, 0.25) is 5.15 Å². The average molecular weight is 426 g/mol. The normalized spacial score (nSPS) is 18.6. The summed E-state index contributed by atoms with van der Waals surface area (Å²) in [6.45, 7) is 2.94. The highest BCUT2D eigenvalue weighted by atomic mass is 35.5. The predicted molar refractivity (Wildman–Crippen MR) is 119 cm³/mol. The van der Waals surface area contributed by atoms with Crippen LogP contribution in [0.15, 0.2) is 42.6 Å². The van der Waals surface area contributed by atoms with Gasteiger partial charge in [-0.2, -0.15) is 5.10 Å². The van der Waals surface area contributed by atoms with Crippen LogP contribution in [-0.4, -0.2) is 51.2 Å². The van der Waals surface area contributed by atoms with Crippen LogP contribution in [0.25, 0.3) is 11.3 Å². The zero-order valence-corrected chi connectivity index (χ0v) is 17.7. The predicted octanol–water partition coefficient (Wildman–Crippen LogP) is 3.37. The zero-order chi connectivity index (χ0) is 21.3. The molecule has 1 aromatic carbocycles. The lowest BCUT2D eigenvalue weighted by Crippen LogP contribution is -2.42. The van der Waals surface area contributed by atoms with Crippen molar-refractivity contribution in [3.05, 3.63) is 47.7 Å². The number of nitrogens with two attached hydrogens (primary N) is 1. The number of halogens is 1. The second-order valence-corrected chi connectivity index (χ2v) is 8.01. The summed E-state index contributed by atoms with van der Waals surface area (Å²) in [6.07, 6.45) is 3.86. The third-order valence-corrected chi connectivity index (χ3v) is 5.76. The van der Waals surface area contributed by atoms with Crippen LogP contribution in [-0.2, 0) is 0 Å². The van der Waals surface area contributed by atoms with Crippen molar-refractivity contribution in [3.8, 4) is 17.0 Å². The Morgan fingerprint density at radius 1 is 1.20 bits per heavy atom. The van der Waals surface area contributed by atoms with Gasteiger partial charge in [-0.3, -0.25) is 0 Å². The summed E-state index contributed by atoms with van der Waals surface area (Å²) in [5.74, 6) is 0.505. The van der Waals surface area contributed by atoms with E-state index in [1.54, 1.807) is 24.4 Å². The second-order valence-electron chi connectivity index (χ2n) is 7.62. The number of benzene rings is 1. The number of nitrogen functional groups attached to an aromatic ring is 1. The maximum absolute atomic E-state index is 10.2. The number of hydrogen-bond acceptors (Lipinski definition) is 8. The summed E-state index contributed by atoms with van der Waals surface area (Å²) in [6, 6.07) is 11.4. The molecule has 4 rings (SSSR count). The molecule has 156 valence electrons. The molecule has 1 fully saturated rings. The number of anilines is 3. The smallest absolute Gasteiger partial charge is 0.169 e. The molecule has 30 heavy (non-hydrogen) atoms. The molecule has 9 heteroatoms. The highest BCUT2D eigenvalue weighted by Gasteiger charge is 2.32. The lowest BCUT2D eigenvalue weighted by atomic mass is 10.1. The molecule has 0 saturated carbocycles. The molecule has 8 nitrogen and oxygen atoms in total. The molecular formula is C21H24ClN7O. The Labute approximate surface area is 180 Å². The quantitative estimate of drug-likeness (QED) is 0.641. The van der Waals surface area contributed by atoms with Crippen molar-refractivity contribution in [2.45, 2.75) is 31.8 Å². The maximum Gasteiger partial charge on any atom is 0.169 e. The Morgan fingerprint density at radius 2 is 2.00 bits per heavy atom. The van der Waals surface area contributed by atoms with E-state index in [2.05, 4.69) is 37.1 Å². The monoisotopic (exact) mass is 425 g/mol. The number of nitrogens with zero attached hydrogens (tertiary/aromatic N) is 6. The van der Waals surface area contributed by atoms with Gasteiger partial charge in [-0.15, -0.1) is 15.3 Å². The van der Waals surface area contributed by atoms with Crippen LogP contribution in [0.3, 0.4) is 0 Å². The molecule has 1 aliphatic heterocycles. The molecule has 0 radical (unpaired) electrons. The van der Waals surface area contributed by atoms with Gasteiger partial charge < -0.3 is 20.6 Å². The Hall–Kier alpha value is -3.13. The van der Waals surface area contributed by atoms with E-state index in [0.29, 0.717) is 28.3 Å². The van der Waals surface area contributed by atoms with Gasteiger partial charge in [0, 0.05) is 37.3 Å². The summed E-state index contributed by atoms with van der Waals surface area (Å²) < 4.78 is 0. The molecule has 1 aliphatic rings. The van der Waals surface area contributed by atoms with E-state index < -0.39 is 0 Å². The number of aromatic nitrogens is 4. The first-order valence-electron chi connectivity index (χ1n) is 9.83. The van der Waals surface area contributed by atoms with Gasteiger partial charge in [0.25, 0.3) is 0 Å². The first-order valence-corrected chi connectivity index (χ1v) is 10.2. The van der Waals surface area contributed by atoms with Crippen LogP contribution >= 0.6 is 11.6 Å². The Morgan fingerprint density at radius 3 is 2.77 bits per heavy atom. The number of hydrogen-bond donors (Lipinski definition) is 2. The second kappa shape index (κ2) is 8.31. The maximum atomic E-state index is 10.2. The number of aromatic hydroxyl groups is 1. The fraction of sp³-hybridized carbons (Fsp3) is 0.333. The van der Waals surface area contributed by atoms with Crippen LogP contribution in [0.4, 0.5) is 17.2 Å². The van der Waals surface area contributed by atoms with Crippen LogP contribution in [0.1, 0.15) is 19.8 Å². The summed E-state index contributed by atoms with van der Waals surface area (Å²) in [5.41, 5.74) is 9.08. The molecule has 1 saturated heterocycles. The van der Waals surface area contributed by atoms with Gasteiger partial charge in [0.1, 0.15) is 5.75 Å². The minimum Gasteiger partial charge on any atom is -0.507 e. The molecule has 0 aliphatic carbocycles. The van der Waals surface area contributed by atoms with Crippen LogP contribution in [0.5, 0.6) is 5.75 Å². The van der Waals surface area contributed by atoms with Crippen molar-refractivity contribution in [2.75, 3.05) is 29.1 Å². The van der Waals surface area contributed by atoms with Crippen molar-refractivity contribution in [2.24, 2.45) is 0 Å². The molecule has 3 aromatic rings. The number of likely N-dealkylation sites (N-methyl/N-ethyl adjacent to an activating group) is 1. The lowest BCUT2D eigenvalue weighted by Gasteiger charge is -2.34. The summed E-state index contributed by atoms with van der Waals surface area (Å²) in [4.78, 5) is 4.42. The topological polar surface area (TPSA) is 104 Å². The first-order chi connectivity index (χ1) is 14.4. The number of phenols is 1. The molecule has 3 heterocycles. The molecule has 0 amide bonds. The Kier molecular flexibility index (Phi) is 5.59. The highest BCUT2D eigenvalue weighted by molar-refractivity contribution is 6.29. The third kappa shape index (κ3) is 3.95. The van der Waals surface area contributed by atoms with Crippen molar-refractivity contribution >= 4 is 28.8 Å². The standard InChI is InChI=1S/C21H24ClN7O/c1-13-7-8-14(29(13)15-9-20(22)26-24-11-15)12-28(2)18-10-17(25-27-21(18)23)16-5-3-4-6-19(16)30/h3-6,9-11,13-14,30H,7-8,12H2,1-2H3,(H2,23,27). The van der Waals surface area contributed by atoms with Gasteiger partial charge >= 0.3 is 0 Å². The number of phenolic OH excluding ortho intramolecular Hbond substituents is 1. The minimum absolute atomic E-state index is 0.156. The van der Waals surface area contributed by atoms with E-state index in [9.17, 15) is 5.11 Å². The fourth-order valence-corrected chi connectivity index (χ4v) is 4.28. The van der Waals surface area contributed by atoms with Gasteiger partial charge in [0.15, 0.2) is 11.0 Å². The number of rotatable bonds is 5. The van der Waals surface area contributed by atoms with Crippen molar-refractivity contribution in [1.29, 1.82) is 0 Å². The molecule has 2 aromatic heterocycles. The van der Waals surface area contributed by atoms with E-state index >= 15 is 0 Å². The first kappa shape index (κ1) is 20.2. The Bertz CT molecular complexity index is 1050.